The Morgan fingerprint density at radius 2 is 2.21 bits per heavy atom. The first kappa shape index (κ1) is 12.7. The first-order chi connectivity index (χ1) is 6.20. The lowest BCUT2D eigenvalue weighted by molar-refractivity contribution is 0.0601. The number of hydrogen-bond acceptors (Lipinski definition) is 4. The average Bonchev–Trinajstić information content (AvgIpc) is 2.16. The fourth-order valence-electron chi connectivity index (χ4n) is 0.951. The maximum atomic E-state index is 13.0. The Morgan fingerprint density at radius 3 is 2.71 bits per heavy atom. The molecule has 4 nitrogen and oxygen atoms in total. The molecule has 3 N–H and O–H groups in total. The lowest BCUT2D eigenvalue weighted by Crippen LogP contribution is -2.14. The zero-order valence-corrected chi connectivity index (χ0v) is 8.23. The van der Waals surface area contributed by atoms with Gasteiger partial charge in [-0.1, -0.05) is 6.07 Å². The molecular formula is C8H10ClFN2O2. The second-order valence-corrected chi connectivity index (χ2v) is 2.30. The topological polar surface area (TPSA) is 64.3 Å². The summed E-state index contributed by atoms with van der Waals surface area (Å²) in [7, 11) is 1.22. The third-order valence-corrected chi connectivity index (χ3v) is 1.56. The van der Waals surface area contributed by atoms with Gasteiger partial charge in [0.25, 0.3) is 0 Å². The van der Waals surface area contributed by atoms with E-state index in [-0.39, 0.29) is 23.7 Å². The summed E-state index contributed by atoms with van der Waals surface area (Å²) in [5, 5.41) is 0. The van der Waals surface area contributed by atoms with Crippen molar-refractivity contribution in [1.82, 2.24) is 0 Å². The molecule has 0 amide bonds. The third-order valence-electron chi connectivity index (χ3n) is 1.56. The molecule has 0 saturated heterocycles. The molecule has 1 aromatic rings. The van der Waals surface area contributed by atoms with Crippen molar-refractivity contribution in [3.05, 3.63) is 29.6 Å². The number of carbonyl (C=O) groups excluding carboxylic acids is 1. The molecule has 0 atom stereocenters. The molecule has 6 heteroatoms. The van der Waals surface area contributed by atoms with E-state index in [1.165, 1.54) is 25.3 Å². The highest BCUT2D eigenvalue weighted by Crippen LogP contribution is 2.18. The van der Waals surface area contributed by atoms with Crippen molar-refractivity contribution in [2.75, 3.05) is 12.5 Å². The lowest BCUT2D eigenvalue weighted by atomic mass is 10.2. The number of halogens is 2. The molecule has 0 saturated carbocycles. The van der Waals surface area contributed by atoms with Crippen LogP contribution in [0.5, 0.6) is 0 Å². The molecule has 0 unspecified atom stereocenters. The van der Waals surface area contributed by atoms with Crippen LogP contribution >= 0.6 is 12.4 Å². The molecule has 1 rings (SSSR count). The van der Waals surface area contributed by atoms with E-state index in [1.807, 2.05) is 0 Å². The summed E-state index contributed by atoms with van der Waals surface area (Å²) in [5.41, 5.74) is 2.12. The number of carbonyl (C=O) groups is 1. The van der Waals surface area contributed by atoms with Gasteiger partial charge in [0.2, 0.25) is 0 Å². The Balaban J connectivity index is 0.00000169. The van der Waals surface area contributed by atoms with Crippen molar-refractivity contribution in [3.8, 4) is 0 Å². The van der Waals surface area contributed by atoms with Crippen molar-refractivity contribution in [2.24, 2.45) is 5.84 Å². The van der Waals surface area contributed by atoms with Crippen molar-refractivity contribution in [3.63, 3.8) is 0 Å². The highest BCUT2D eigenvalue weighted by atomic mass is 35.5. The van der Waals surface area contributed by atoms with Gasteiger partial charge in [0.05, 0.1) is 18.4 Å². The molecule has 0 aliphatic heterocycles. The Hall–Kier alpha value is -1.33. The van der Waals surface area contributed by atoms with Crippen molar-refractivity contribution in [2.45, 2.75) is 0 Å². The predicted octanol–water partition coefficient (Wildman–Crippen LogP) is 1.32. The zero-order valence-electron chi connectivity index (χ0n) is 7.41. The van der Waals surface area contributed by atoms with E-state index in [0.29, 0.717) is 0 Å². The van der Waals surface area contributed by atoms with Crippen LogP contribution in [0.3, 0.4) is 0 Å². The molecule has 0 aliphatic carbocycles. The number of nitrogen functional groups attached to an aromatic ring is 1. The summed E-state index contributed by atoms with van der Waals surface area (Å²) >= 11 is 0. The van der Waals surface area contributed by atoms with Crippen molar-refractivity contribution < 1.29 is 13.9 Å². The Kier molecular flexibility index (Phi) is 4.90. The lowest BCUT2D eigenvalue weighted by Gasteiger charge is -2.06. The number of benzene rings is 1. The van der Waals surface area contributed by atoms with Crippen LogP contribution in [0, 0.1) is 5.82 Å². The van der Waals surface area contributed by atoms with Gasteiger partial charge in [-0.2, -0.15) is 0 Å². The van der Waals surface area contributed by atoms with Gasteiger partial charge < -0.3 is 10.2 Å². The first-order valence-corrected chi connectivity index (χ1v) is 3.54. The number of anilines is 1. The molecular weight excluding hydrogens is 211 g/mol. The summed E-state index contributed by atoms with van der Waals surface area (Å²) in [4.78, 5) is 11.1. The zero-order chi connectivity index (χ0) is 9.84. The molecule has 0 radical (unpaired) electrons. The van der Waals surface area contributed by atoms with Crippen molar-refractivity contribution in [1.29, 1.82) is 0 Å². The Morgan fingerprint density at radius 1 is 1.57 bits per heavy atom. The SMILES string of the molecule is COC(=O)c1cccc(F)c1NN.Cl. The molecule has 14 heavy (non-hydrogen) atoms. The third kappa shape index (κ3) is 2.34. The van der Waals surface area contributed by atoms with Crippen LogP contribution in [0.1, 0.15) is 10.4 Å². The number of hydrogen-bond donors (Lipinski definition) is 2. The number of ether oxygens (including phenoxy) is 1. The number of para-hydroxylation sites is 1. The minimum Gasteiger partial charge on any atom is -0.465 e. The second-order valence-electron chi connectivity index (χ2n) is 2.30. The van der Waals surface area contributed by atoms with Gasteiger partial charge in [-0.15, -0.1) is 12.4 Å². The van der Waals surface area contributed by atoms with E-state index >= 15 is 0 Å². The number of methoxy groups -OCH3 is 1. The fourth-order valence-corrected chi connectivity index (χ4v) is 0.951. The van der Waals surface area contributed by atoms with Crippen molar-refractivity contribution >= 4 is 24.1 Å². The predicted molar refractivity (Wildman–Crippen MR) is 52.8 cm³/mol. The highest BCUT2D eigenvalue weighted by molar-refractivity contribution is 5.95. The number of rotatable bonds is 2. The minimum absolute atomic E-state index is 0. The monoisotopic (exact) mass is 220 g/mol. The molecule has 1 aromatic carbocycles. The number of nitrogens with two attached hydrogens (primary N) is 1. The van der Waals surface area contributed by atoms with Crippen LogP contribution in [-0.4, -0.2) is 13.1 Å². The van der Waals surface area contributed by atoms with Gasteiger partial charge >= 0.3 is 5.97 Å². The number of hydrazine groups is 1. The van der Waals surface area contributed by atoms with Gasteiger partial charge in [0.15, 0.2) is 0 Å². The minimum atomic E-state index is -0.632. The second kappa shape index (κ2) is 5.41. The van der Waals surface area contributed by atoms with E-state index < -0.39 is 11.8 Å². The molecule has 0 bridgehead atoms. The van der Waals surface area contributed by atoms with Crippen LogP contribution in [0.4, 0.5) is 10.1 Å². The van der Waals surface area contributed by atoms with E-state index in [0.717, 1.165) is 0 Å². The maximum absolute atomic E-state index is 13.0. The maximum Gasteiger partial charge on any atom is 0.340 e. The highest BCUT2D eigenvalue weighted by Gasteiger charge is 2.13. The Labute approximate surface area is 86.6 Å². The first-order valence-electron chi connectivity index (χ1n) is 3.54. The van der Waals surface area contributed by atoms with Gasteiger partial charge in [-0.3, -0.25) is 5.84 Å². The molecule has 0 aromatic heterocycles. The average molecular weight is 221 g/mol. The Bertz CT molecular complexity index is 333. The van der Waals surface area contributed by atoms with Gasteiger partial charge in [-0.25, -0.2) is 9.18 Å². The summed E-state index contributed by atoms with van der Waals surface area (Å²) < 4.78 is 17.4. The smallest absolute Gasteiger partial charge is 0.340 e. The van der Waals surface area contributed by atoms with Gasteiger partial charge in [0, 0.05) is 0 Å². The quantitative estimate of drug-likeness (QED) is 0.448. The fraction of sp³-hybridized carbons (Fsp3) is 0.125. The van der Waals surface area contributed by atoms with E-state index in [9.17, 15) is 9.18 Å². The molecule has 78 valence electrons. The summed E-state index contributed by atoms with van der Waals surface area (Å²) in [6.07, 6.45) is 0. The molecule has 0 aliphatic rings. The van der Waals surface area contributed by atoms with Crippen LogP contribution in [0.2, 0.25) is 0 Å². The summed E-state index contributed by atoms with van der Waals surface area (Å²) in [6, 6.07) is 4.02. The number of esters is 1. The largest absolute Gasteiger partial charge is 0.465 e. The van der Waals surface area contributed by atoms with Crippen LogP contribution in [0.25, 0.3) is 0 Å². The summed E-state index contributed by atoms with van der Waals surface area (Å²) in [6.45, 7) is 0. The van der Waals surface area contributed by atoms with Gasteiger partial charge in [0.1, 0.15) is 5.82 Å². The van der Waals surface area contributed by atoms with Crippen LogP contribution in [0.15, 0.2) is 18.2 Å². The standard InChI is InChI=1S/C8H9FN2O2.ClH/c1-13-8(12)5-3-2-4-6(9)7(5)11-10;/h2-4,11H,10H2,1H3;1H. The molecule has 0 heterocycles. The van der Waals surface area contributed by atoms with E-state index in [2.05, 4.69) is 10.2 Å². The normalized spacial score (nSPS) is 8.79. The van der Waals surface area contributed by atoms with Crippen LogP contribution in [-0.2, 0) is 4.74 Å². The van der Waals surface area contributed by atoms with E-state index in [4.69, 9.17) is 5.84 Å². The molecule has 0 fully saturated rings. The summed E-state index contributed by atoms with van der Waals surface area (Å²) in [5.74, 6) is 3.82. The van der Waals surface area contributed by atoms with Gasteiger partial charge in [-0.05, 0) is 12.1 Å². The van der Waals surface area contributed by atoms with Crippen LogP contribution < -0.4 is 11.3 Å². The number of nitrogens with one attached hydrogen (secondary N) is 1. The van der Waals surface area contributed by atoms with E-state index in [1.54, 1.807) is 0 Å². The molecule has 0 spiro atoms.